The van der Waals surface area contributed by atoms with Crippen LogP contribution in [0.2, 0.25) is 0 Å². The van der Waals surface area contributed by atoms with Crippen LogP contribution in [-0.2, 0) is 19.3 Å². The third-order valence-electron chi connectivity index (χ3n) is 2.96. The predicted octanol–water partition coefficient (Wildman–Crippen LogP) is 4.03. The molecule has 0 aromatic carbocycles. The van der Waals surface area contributed by atoms with Gasteiger partial charge in [-0.25, -0.2) is 14.6 Å². The lowest BCUT2D eigenvalue weighted by molar-refractivity contribution is -0.358. The van der Waals surface area contributed by atoms with Gasteiger partial charge in [-0.2, -0.15) is 0 Å². The molecule has 0 aliphatic carbocycles. The number of hydrogen-bond acceptors (Lipinski definition) is 4. The molecule has 4 nitrogen and oxygen atoms in total. The highest BCUT2D eigenvalue weighted by Gasteiger charge is 2.41. The Morgan fingerprint density at radius 3 is 2.00 bits per heavy atom. The summed E-state index contributed by atoms with van der Waals surface area (Å²) in [5.41, 5.74) is -1.50. The van der Waals surface area contributed by atoms with Crippen molar-refractivity contribution in [3.63, 3.8) is 0 Å². The first kappa shape index (κ1) is 18.4. The van der Waals surface area contributed by atoms with Crippen LogP contribution in [0.15, 0.2) is 0 Å². The molecule has 4 heteroatoms. The van der Waals surface area contributed by atoms with Crippen molar-refractivity contribution < 1.29 is 19.3 Å². The fourth-order valence-electron chi connectivity index (χ4n) is 1.63. The Balaban J connectivity index is 4.44. The third kappa shape index (κ3) is 6.92. The summed E-state index contributed by atoms with van der Waals surface area (Å²) in [6.45, 7) is 12.0. The first-order valence-corrected chi connectivity index (χ1v) is 7.35. The minimum absolute atomic E-state index is 0.347. The largest absolute Gasteiger partial charge is 0.458 e. The second-order valence-corrected chi connectivity index (χ2v) is 5.82. The summed E-state index contributed by atoms with van der Waals surface area (Å²) < 4.78 is 5.42. The molecule has 0 N–H and O–H groups in total. The van der Waals surface area contributed by atoms with Crippen molar-refractivity contribution >= 4 is 5.97 Å². The van der Waals surface area contributed by atoms with E-state index in [9.17, 15) is 4.79 Å². The number of rotatable bonds is 9. The smallest absolute Gasteiger partial charge is 0.342 e. The van der Waals surface area contributed by atoms with Crippen molar-refractivity contribution in [2.24, 2.45) is 0 Å². The lowest BCUT2D eigenvalue weighted by Gasteiger charge is -2.31. The summed E-state index contributed by atoms with van der Waals surface area (Å²) in [6, 6.07) is 0. The Hall–Kier alpha value is -0.610. The maximum atomic E-state index is 12.2. The van der Waals surface area contributed by atoms with Gasteiger partial charge >= 0.3 is 5.97 Å². The fraction of sp³-hybridized carbons (Fsp3) is 0.933. The number of hydrogen-bond donors (Lipinski definition) is 0. The first-order chi connectivity index (χ1) is 8.81. The molecule has 0 bridgehead atoms. The average Bonchev–Trinajstić information content (AvgIpc) is 2.32. The maximum absolute atomic E-state index is 12.2. The van der Waals surface area contributed by atoms with Crippen molar-refractivity contribution in [1.29, 1.82) is 0 Å². The molecule has 0 aliphatic rings. The van der Waals surface area contributed by atoms with E-state index in [2.05, 4.69) is 6.92 Å². The summed E-state index contributed by atoms with van der Waals surface area (Å²) >= 11 is 0. The van der Waals surface area contributed by atoms with Gasteiger partial charge in [0.25, 0.3) is 0 Å². The van der Waals surface area contributed by atoms with E-state index in [0.717, 1.165) is 19.3 Å². The van der Waals surface area contributed by atoms with Crippen LogP contribution in [0.1, 0.15) is 73.6 Å². The number of carbonyl (C=O) groups is 1. The second-order valence-electron chi connectivity index (χ2n) is 5.82. The molecule has 0 radical (unpaired) electrons. The van der Waals surface area contributed by atoms with Crippen LogP contribution in [0, 0.1) is 0 Å². The predicted molar refractivity (Wildman–Crippen MR) is 75.7 cm³/mol. The maximum Gasteiger partial charge on any atom is 0.342 e. The van der Waals surface area contributed by atoms with Gasteiger partial charge < -0.3 is 4.74 Å². The molecule has 0 heterocycles. The molecule has 114 valence electrons. The van der Waals surface area contributed by atoms with Crippen LogP contribution in [0.4, 0.5) is 0 Å². The van der Waals surface area contributed by atoms with Crippen molar-refractivity contribution in [2.75, 3.05) is 6.61 Å². The minimum Gasteiger partial charge on any atom is -0.458 e. The van der Waals surface area contributed by atoms with Crippen LogP contribution >= 0.6 is 0 Å². The molecule has 0 atom stereocenters. The number of ether oxygens (including phenoxy) is 1. The monoisotopic (exact) mass is 274 g/mol. The van der Waals surface area contributed by atoms with E-state index in [0.29, 0.717) is 19.4 Å². The van der Waals surface area contributed by atoms with Gasteiger partial charge in [-0.05, 0) is 40.0 Å². The Morgan fingerprint density at radius 1 is 1.00 bits per heavy atom. The average molecular weight is 274 g/mol. The minimum atomic E-state index is -0.987. The Morgan fingerprint density at radius 2 is 1.58 bits per heavy atom. The van der Waals surface area contributed by atoms with Gasteiger partial charge in [-0.3, -0.25) is 0 Å². The van der Waals surface area contributed by atoms with E-state index in [4.69, 9.17) is 14.5 Å². The molecular formula is C15H30O4. The SMILES string of the molecule is CCCCCOOC(CC)(CC)C(=O)OC(C)(C)C. The summed E-state index contributed by atoms with van der Waals surface area (Å²) in [5, 5.41) is 0. The molecule has 0 spiro atoms. The Bertz CT molecular complexity index is 251. The zero-order chi connectivity index (χ0) is 14.9. The van der Waals surface area contributed by atoms with Crippen LogP contribution in [0.5, 0.6) is 0 Å². The van der Waals surface area contributed by atoms with Crippen LogP contribution in [0.25, 0.3) is 0 Å². The molecule has 0 saturated carbocycles. The van der Waals surface area contributed by atoms with Gasteiger partial charge in [0, 0.05) is 0 Å². The van der Waals surface area contributed by atoms with E-state index in [1.165, 1.54) is 0 Å². The molecule has 0 aliphatic heterocycles. The lowest BCUT2D eigenvalue weighted by atomic mass is 9.97. The van der Waals surface area contributed by atoms with E-state index in [-0.39, 0.29) is 5.97 Å². The van der Waals surface area contributed by atoms with E-state index < -0.39 is 11.2 Å². The second kappa shape index (κ2) is 8.54. The Kier molecular flexibility index (Phi) is 8.26. The fourth-order valence-corrected chi connectivity index (χ4v) is 1.63. The van der Waals surface area contributed by atoms with Crippen molar-refractivity contribution in [3.05, 3.63) is 0 Å². The Labute approximate surface area is 117 Å². The van der Waals surface area contributed by atoms with Crippen molar-refractivity contribution in [2.45, 2.75) is 84.8 Å². The third-order valence-corrected chi connectivity index (χ3v) is 2.96. The highest BCUT2D eigenvalue weighted by Crippen LogP contribution is 2.25. The molecule has 19 heavy (non-hydrogen) atoms. The van der Waals surface area contributed by atoms with Crippen LogP contribution < -0.4 is 0 Å². The zero-order valence-electron chi connectivity index (χ0n) is 13.4. The van der Waals surface area contributed by atoms with Crippen LogP contribution in [0.3, 0.4) is 0 Å². The van der Waals surface area contributed by atoms with E-state index in [1.807, 2.05) is 34.6 Å². The first-order valence-electron chi connectivity index (χ1n) is 7.35. The summed E-state index contributed by atoms with van der Waals surface area (Å²) in [7, 11) is 0. The molecule has 0 aromatic heterocycles. The highest BCUT2D eigenvalue weighted by atomic mass is 17.2. The zero-order valence-corrected chi connectivity index (χ0v) is 13.4. The molecule has 0 amide bonds. The molecule has 0 unspecified atom stereocenters. The molecular weight excluding hydrogens is 244 g/mol. The highest BCUT2D eigenvalue weighted by molar-refractivity contribution is 5.79. The van der Waals surface area contributed by atoms with Gasteiger partial charge in [-0.1, -0.05) is 33.6 Å². The topological polar surface area (TPSA) is 44.8 Å². The van der Waals surface area contributed by atoms with Gasteiger partial charge in [0.2, 0.25) is 0 Å². The van der Waals surface area contributed by atoms with E-state index in [1.54, 1.807) is 0 Å². The standard InChI is InChI=1S/C15H30O4/c1-7-10-11-12-17-19-15(8-2,9-3)13(16)18-14(4,5)6/h7-12H2,1-6H3. The lowest BCUT2D eigenvalue weighted by Crippen LogP contribution is -2.45. The van der Waals surface area contributed by atoms with Gasteiger partial charge in [0.15, 0.2) is 5.60 Å². The van der Waals surface area contributed by atoms with Gasteiger partial charge in [0.05, 0.1) is 6.61 Å². The quantitative estimate of drug-likeness (QED) is 0.276. The molecule has 0 aromatic rings. The summed E-state index contributed by atoms with van der Waals surface area (Å²) in [5.74, 6) is -0.347. The van der Waals surface area contributed by atoms with E-state index >= 15 is 0 Å². The van der Waals surface area contributed by atoms with Crippen LogP contribution in [-0.4, -0.2) is 23.8 Å². The summed E-state index contributed by atoms with van der Waals surface area (Å²) in [6.07, 6.45) is 4.23. The number of carbonyl (C=O) groups excluding carboxylic acids is 1. The molecule has 0 rings (SSSR count). The summed E-state index contributed by atoms with van der Waals surface area (Å²) in [4.78, 5) is 22.9. The van der Waals surface area contributed by atoms with Crippen molar-refractivity contribution in [1.82, 2.24) is 0 Å². The van der Waals surface area contributed by atoms with Crippen molar-refractivity contribution in [3.8, 4) is 0 Å². The van der Waals surface area contributed by atoms with Gasteiger partial charge in [-0.15, -0.1) is 0 Å². The number of unbranched alkanes of at least 4 members (excludes halogenated alkanes) is 2. The van der Waals surface area contributed by atoms with Gasteiger partial charge in [0.1, 0.15) is 5.60 Å². The molecule has 0 saturated heterocycles. The normalized spacial score (nSPS) is 12.5. The molecule has 0 fully saturated rings. The number of esters is 1.